The minimum Gasteiger partial charge on any atom is -0.290 e. The highest BCUT2D eigenvalue weighted by molar-refractivity contribution is 7.12. The first-order valence-corrected chi connectivity index (χ1v) is 5.28. The highest BCUT2D eigenvalue weighted by Crippen LogP contribution is 2.23. The number of halogens is 1. The van der Waals surface area contributed by atoms with Crippen molar-refractivity contribution in [2.24, 2.45) is 0 Å². The van der Waals surface area contributed by atoms with Gasteiger partial charge in [-0.15, -0.1) is 11.3 Å². The summed E-state index contributed by atoms with van der Waals surface area (Å²) in [5, 5.41) is 1.75. The maximum Gasteiger partial charge on any atom is 0.211 e. The van der Waals surface area contributed by atoms with E-state index in [1.165, 1.54) is 17.5 Å². The molecule has 2 aromatic heterocycles. The first kappa shape index (κ1) is 9.98. The first-order chi connectivity index (χ1) is 7.29. The van der Waals surface area contributed by atoms with Crippen LogP contribution >= 0.6 is 11.3 Å². The van der Waals surface area contributed by atoms with Crippen molar-refractivity contribution in [2.75, 3.05) is 0 Å². The number of Topliss-reactive ketones (excluding diaryl/α,β-unsaturated/α-hetero) is 1. The zero-order valence-electron chi connectivity index (χ0n) is 7.76. The Kier molecular flexibility index (Phi) is 2.87. The molecule has 0 N–H and O–H groups in total. The van der Waals surface area contributed by atoms with Crippen LogP contribution in [-0.2, 0) is 0 Å². The maximum atomic E-state index is 13.7. The number of pyridine rings is 1. The van der Waals surface area contributed by atoms with E-state index < -0.39 is 12.0 Å². The lowest BCUT2D eigenvalue weighted by molar-refractivity contribution is 0.0882. The van der Waals surface area contributed by atoms with Gasteiger partial charge in [0.05, 0.1) is 4.88 Å². The van der Waals surface area contributed by atoms with Gasteiger partial charge in [0, 0.05) is 18.0 Å². The molecule has 0 aliphatic carbocycles. The van der Waals surface area contributed by atoms with Crippen molar-refractivity contribution in [3.05, 3.63) is 52.5 Å². The van der Waals surface area contributed by atoms with E-state index in [1.807, 2.05) is 0 Å². The molecule has 2 nitrogen and oxygen atoms in total. The number of carbonyl (C=O) groups excluding carboxylic acids is 1. The summed E-state index contributed by atoms with van der Waals surface area (Å²) in [6.07, 6.45) is 1.31. The summed E-state index contributed by atoms with van der Waals surface area (Å²) in [5.41, 5.74) is 0.302. The summed E-state index contributed by atoms with van der Waals surface area (Å²) < 4.78 is 13.7. The van der Waals surface area contributed by atoms with E-state index in [0.717, 1.165) is 0 Å². The lowest BCUT2D eigenvalue weighted by atomic mass is 10.1. The van der Waals surface area contributed by atoms with E-state index in [0.29, 0.717) is 10.4 Å². The van der Waals surface area contributed by atoms with E-state index in [-0.39, 0.29) is 0 Å². The summed E-state index contributed by atoms with van der Waals surface area (Å²) in [5.74, 6) is -0.502. The van der Waals surface area contributed by atoms with Crippen LogP contribution in [0.25, 0.3) is 0 Å². The Morgan fingerprint density at radius 2 is 2.27 bits per heavy atom. The van der Waals surface area contributed by atoms with Crippen molar-refractivity contribution in [2.45, 2.75) is 6.17 Å². The molecule has 0 aromatic carbocycles. The van der Waals surface area contributed by atoms with E-state index in [1.54, 1.807) is 35.8 Å². The zero-order chi connectivity index (χ0) is 10.7. The standard InChI is InChI=1S/C11H8FNOS/c12-10(8-3-1-5-13-7-8)11(14)9-4-2-6-15-9/h1-7,10H. The number of alkyl halides is 1. The van der Waals surface area contributed by atoms with Crippen molar-refractivity contribution in [1.82, 2.24) is 4.98 Å². The summed E-state index contributed by atoms with van der Waals surface area (Å²) >= 11 is 1.24. The number of thiophene rings is 1. The summed E-state index contributed by atoms with van der Waals surface area (Å²) in [7, 11) is 0. The largest absolute Gasteiger partial charge is 0.290 e. The molecule has 15 heavy (non-hydrogen) atoms. The molecule has 2 rings (SSSR count). The van der Waals surface area contributed by atoms with E-state index >= 15 is 0 Å². The molecule has 4 heteroatoms. The summed E-state index contributed by atoms with van der Waals surface area (Å²) in [4.78, 5) is 15.8. The number of nitrogens with zero attached hydrogens (tertiary/aromatic N) is 1. The fraction of sp³-hybridized carbons (Fsp3) is 0.0909. The van der Waals surface area contributed by atoms with E-state index in [9.17, 15) is 9.18 Å². The normalized spacial score (nSPS) is 12.3. The second kappa shape index (κ2) is 4.31. The molecule has 1 atom stereocenters. The number of hydrogen-bond acceptors (Lipinski definition) is 3. The minimum atomic E-state index is -1.61. The number of aromatic nitrogens is 1. The number of rotatable bonds is 3. The topological polar surface area (TPSA) is 30.0 Å². The van der Waals surface area contributed by atoms with Crippen LogP contribution in [-0.4, -0.2) is 10.8 Å². The molecule has 2 aromatic rings. The lowest BCUT2D eigenvalue weighted by Gasteiger charge is -2.04. The monoisotopic (exact) mass is 221 g/mol. The second-order valence-electron chi connectivity index (χ2n) is 2.99. The van der Waals surface area contributed by atoms with E-state index in [4.69, 9.17) is 0 Å². The highest BCUT2D eigenvalue weighted by atomic mass is 32.1. The third-order valence-corrected chi connectivity index (χ3v) is 2.86. The summed E-state index contributed by atoms with van der Waals surface area (Å²) in [6.45, 7) is 0. The molecule has 0 aliphatic rings. The second-order valence-corrected chi connectivity index (χ2v) is 3.94. The van der Waals surface area contributed by atoms with E-state index in [2.05, 4.69) is 4.98 Å². The Labute approximate surface area is 90.4 Å². The van der Waals surface area contributed by atoms with Gasteiger partial charge in [-0.25, -0.2) is 4.39 Å². The number of hydrogen-bond donors (Lipinski definition) is 0. The first-order valence-electron chi connectivity index (χ1n) is 4.41. The van der Waals surface area contributed by atoms with Gasteiger partial charge < -0.3 is 0 Å². The molecular formula is C11H8FNOS. The maximum absolute atomic E-state index is 13.7. The number of carbonyl (C=O) groups is 1. The molecule has 1 unspecified atom stereocenters. The molecule has 0 amide bonds. The molecular weight excluding hydrogens is 213 g/mol. The predicted molar refractivity (Wildman–Crippen MR) is 56.7 cm³/mol. The van der Waals surface area contributed by atoms with Gasteiger partial charge in [0.2, 0.25) is 5.78 Å². The average Bonchev–Trinajstić information content (AvgIpc) is 2.82. The number of ketones is 1. The fourth-order valence-corrected chi connectivity index (χ4v) is 1.90. The van der Waals surface area contributed by atoms with Crippen molar-refractivity contribution < 1.29 is 9.18 Å². The van der Waals surface area contributed by atoms with Gasteiger partial charge in [-0.1, -0.05) is 12.1 Å². The molecule has 0 saturated heterocycles. The van der Waals surface area contributed by atoms with Gasteiger partial charge in [-0.2, -0.15) is 0 Å². The van der Waals surface area contributed by atoms with Crippen LogP contribution in [0.5, 0.6) is 0 Å². The van der Waals surface area contributed by atoms with Crippen LogP contribution in [0.4, 0.5) is 4.39 Å². The van der Waals surface area contributed by atoms with Gasteiger partial charge >= 0.3 is 0 Å². The van der Waals surface area contributed by atoms with Crippen LogP contribution in [0.2, 0.25) is 0 Å². The lowest BCUT2D eigenvalue weighted by Crippen LogP contribution is -2.06. The Bertz CT molecular complexity index is 441. The smallest absolute Gasteiger partial charge is 0.211 e. The molecule has 76 valence electrons. The van der Waals surface area contributed by atoms with Gasteiger partial charge in [0.1, 0.15) is 0 Å². The summed E-state index contributed by atoms with van der Waals surface area (Å²) in [6, 6.07) is 6.52. The van der Waals surface area contributed by atoms with Crippen molar-refractivity contribution in [3.8, 4) is 0 Å². The molecule has 2 heterocycles. The van der Waals surface area contributed by atoms with Crippen LogP contribution in [0, 0.1) is 0 Å². The third kappa shape index (κ3) is 2.10. The van der Waals surface area contributed by atoms with Crippen molar-refractivity contribution in [3.63, 3.8) is 0 Å². The predicted octanol–water partition coefficient (Wildman–Crippen LogP) is 3.04. The molecule has 0 spiro atoms. The Hall–Kier alpha value is -1.55. The fourth-order valence-electron chi connectivity index (χ4n) is 1.22. The van der Waals surface area contributed by atoms with Crippen LogP contribution in [0.15, 0.2) is 42.0 Å². The third-order valence-electron chi connectivity index (χ3n) is 1.97. The van der Waals surface area contributed by atoms with Gasteiger partial charge in [0.15, 0.2) is 6.17 Å². The van der Waals surface area contributed by atoms with Crippen molar-refractivity contribution >= 4 is 17.1 Å². The quantitative estimate of drug-likeness (QED) is 0.746. The van der Waals surface area contributed by atoms with Crippen LogP contribution in [0.3, 0.4) is 0 Å². The van der Waals surface area contributed by atoms with Gasteiger partial charge in [-0.3, -0.25) is 9.78 Å². The Morgan fingerprint density at radius 1 is 1.40 bits per heavy atom. The van der Waals surface area contributed by atoms with Crippen LogP contribution in [0.1, 0.15) is 21.4 Å². The van der Waals surface area contributed by atoms with Gasteiger partial charge in [-0.05, 0) is 17.5 Å². The van der Waals surface area contributed by atoms with Gasteiger partial charge in [0.25, 0.3) is 0 Å². The highest BCUT2D eigenvalue weighted by Gasteiger charge is 2.21. The molecule has 0 bridgehead atoms. The SMILES string of the molecule is O=C(c1cccs1)C(F)c1cccnc1. The zero-order valence-corrected chi connectivity index (χ0v) is 8.58. The Morgan fingerprint density at radius 3 is 2.87 bits per heavy atom. The van der Waals surface area contributed by atoms with Crippen LogP contribution < -0.4 is 0 Å². The molecule has 0 radical (unpaired) electrons. The Balaban J connectivity index is 2.23. The molecule has 0 saturated carbocycles. The minimum absolute atomic E-state index is 0.302. The molecule has 0 fully saturated rings. The molecule has 0 aliphatic heterocycles. The average molecular weight is 221 g/mol. The van der Waals surface area contributed by atoms with Crippen molar-refractivity contribution in [1.29, 1.82) is 0 Å².